The second kappa shape index (κ2) is 7.65. The van der Waals surface area contributed by atoms with Crippen molar-refractivity contribution in [1.82, 2.24) is 0 Å². The van der Waals surface area contributed by atoms with Crippen LogP contribution in [0.1, 0.15) is 98.8 Å². The third-order valence-electron chi connectivity index (χ3n) is 9.99. The molecular formula is C27H42O2. The van der Waals surface area contributed by atoms with Crippen LogP contribution in [0, 0.1) is 46.3 Å². The molecule has 2 heteroatoms. The summed E-state index contributed by atoms with van der Waals surface area (Å²) >= 11 is 0. The molecule has 3 fully saturated rings. The highest BCUT2D eigenvalue weighted by Gasteiger charge is 2.60. The molecule has 4 aliphatic rings. The molecule has 0 N–H and O–H groups in total. The van der Waals surface area contributed by atoms with Crippen molar-refractivity contribution in [2.75, 3.05) is 0 Å². The summed E-state index contributed by atoms with van der Waals surface area (Å²) in [6.07, 6.45) is 13.3. The van der Waals surface area contributed by atoms with Gasteiger partial charge in [-0.15, -0.1) is 0 Å². The van der Waals surface area contributed by atoms with E-state index in [2.05, 4.69) is 34.6 Å². The molecule has 0 saturated heterocycles. The Balaban J connectivity index is 1.54. The first-order chi connectivity index (χ1) is 13.7. The van der Waals surface area contributed by atoms with Crippen LogP contribution in [0.15, 0.2) is 11.6 Å². The first-order valence-corrected chi connectivity index (χ1v) is 12.4. The van der Waals surface area contributed by atoms with Crippen molar-refractivity contribution >= 4 is 11.6 Å². The summed E-state index contributed by atoms with van der Waals surface area (Å²) in [5.74, 6) is 4.76. The summed E-state index contributed by atoms with van der Waals surface area (Å²) in [5, 5.41) is 0. The van der Waals surface area contributed by atoms with E-state index in [1.807, 2.05) is 0 Å². The van der Waals surface area contributed by atoms with Gasteiger partial charge in [-0.2, -0.15) is 0 Å². The van der Waals surface area contributed by atoms with E-state index in [-0.39, 0.29) is 11.2 Å². The predicted octanol–water partition coefficient (Wildman–Crippen LogP) is 6.78. The molecule has 0 amide bonds. The van der Waals surface area contributed by atoms with Crippen LogP contribution >= 0.6 is 0 Å². The van der Waals surface area contributed by atoms with Crippen molar-refractivity contribution in [1.29, 1.82) is 0 Å². The van der Waals surface area contributed by atoms with Crippen LogP contribution in [0.5, 0.6) is 0 Å². The van der Waals surface area contributed by atoms with Gasteiger partial charge in [-0.05, 0) is 84.5 Å². The minimum absolute atomic E-state index is 0.0454. The van der Waals surface area contributed by atoms with E-state index >= 15 is 0 Å². The van der Waals surface area contributed by atoms with E-state index in [1.165, 1.54) is 44.9 Å². The predicted molar refractivity (Wildman–Crippen MR) is 118 cm³/mol. The average Bonchev–Trinajstić information content (AvgIpc) is 3.00. The zero-order valence-electron chi connectivity index (χ0n) is 19.4. The zero-order chi connectivity index (χ0) is 21.0. The largest absolute Gasteiger partial charge is 0.295 e. The molecule has 0 bridgehead atoms. The van der Waals surface area contributed by atoms with E-state index in [0.717, 1.165) is 29.7 Å². The molecular weight excluding hydrogens is 356 g/mol. The Morgan fingerprint density at radius 2 is 1.76 bits per heavy atom. The maximum Gasteiger partial charge on any atom is 0.159 e. The normalized spacial score (nSPS) is 42.9. The minimum Gasteiger partial charge on any atom is -0.295 e. The van der Waals surface area contributed by atoms with Crippen molar-refractivity contribution in [3.8, 4) is 0 Å². The minimum atomic E-state index is -0.0454. The number of hydrogen-bond acceptors (Lipinski definition) is 2. The fourth-order valence-electron chi connectivity index (χ4n) is 8.41. The van der Waals surface area contributed by atoms with Gasteiger partial charge in [0.05, 0.1) is 0 Å². The Morgan fingerprint density at radius 1 is 1.00 bits per heavy atom. The average molecular weight is 399 g/mol. The molecule has 162 valence electrons. The Kier molecular flexibility index (Phi) is 5.62. The second-order valence-corrected chi connectivity index (χ2v) is 12.0. The molecule has 0 radical (unpaired) electrons. The first-order valence-electron chi connectivity index (χ1n) is 12.4. The van der Waals surface area contributed by atoms with Crippen LogP contribution in [-0.2, 0) is 9.59 Å². The summed E-state index contributed by atoms with van der Waals surface area (Å²) in [6.45, 7) is 12.1. The third kappa shape index (κ3) is 3.47. The van der Waals surface area contributed by atoms with Crippen LogP contribution in [0.3, 0.4) is 0 Å². The smallest absolute Gasteiger partial charge is 0.159 e. The summed E-state index contributed by atoms with van der Waals surface area (Å²) in [5.41, 5.74) is 1.26. The molecule has 7 atom stereocenters. The van der Waals surface area contributed by atoms with Crippen LogP contribution in [0.4, 0.5) is 0 Å². The molecule has 4 unspecified atom stereocenters. The van der Waals surface area contributed by atoms with Crippen molar-refractivity contribution < 1.29 is 9.59 Å². The molecule has 29 heavy (non-hydrogen) atoms. The molecule has 0 aromatic heterocycles. The quantitative estimate of drug-likeness (QED) is 0.512. The molecule has 0 spiro atoms. The van der Waals surface area contributed by atoms with E-state index in [1.54, 1.807) is 6.08 Å². The number of Topliss-reactive ketones (excluding diaryl/α,β-unsaturated/α-hetero) is 1. The maximum atomic E-state index is 13.1. The fourth-order valence-corrected chi connectivity index (χ4v) is 8.41. The van der Waals surface area contributed by atoms with Crippen molar-refractivity contribution in [3.63, 3.8) is 0 Å². The van der Waals surface area contributed by atoms with Gasteiger partial charge >= 0.3 is 0 Å². The summed E-state index contributed by atoms with van der Waals surface area (Å²) in [4.78, 5) is 25.1. The van der Waals surface area contributed by atoms with Crippen molar-refractivity contribution in [2.45, 2.75) is 98.8 Å². The molecule has 3 saturated carbocycles. The number of hydrogen-bond donors (Lipinski definition) is 0. The summed E-state index contributed by atoms with van der Waals surface area (Å²) in [7, 11) is 0. The van der Waals surface area contributed by atoms with Crippen molar-refractivity contribution in [3.05, 3.63) is 11.6 Å². The second-order valence-electron chi connectivity index (χ2n) is 12.0. The summed E-state index contributed by atoms with van der Waals surface area (Å²) in [6, 6.07) is 0. The fraction of sp³-hybridized carbons (Fsp3) is 0.852. The van der Waals surface area contributed by atoms with Gasteiger partial charge in [0.2, 0.25) is 0 Å². The molecule has 0 aromatic rings. The lowest BCUT2D eigenvalue weighted by molar-refractivity contribution is -0.131. The van der Waals surface area contributed by atoms with Gasteiger partial charge in [-0.3, -0.25) is 9.59 Å². The lowest BCUT2D eigenvalue weighted by atomic mass is 9.46. The Labute approximate surface area is 178 Å². The molecule has 0 aromatic carbocycles. The van der Waals surface area contributed by atoms with Crippen LogP contribution in [0.2, 0.25) is 0 Å². The highest BCUT2D eigenvalue weighted by Crippen LogP contribution is 2.67. The van der Waals surface area contributed by atoms with Crippen molar-refractivity contribution in [2.24, 2.45) is 46.3 Å². The standard InChI is InChI=1S/C27H42O2/c1-17(2)7-6-8-18(3)21-9-10-22-20-16-25(29)24-15-19(28)11-13-27(24,5)23(20)12-14-26(21,22)4/h15,17-18,20-23H,6-14,16H2,1-5H3/t18?,20?,21-,22?,23?,26-,27-/m1/s1. The molecule has 4 rings (SSSR count). The van der Waals surface area contributed by atoms with Gasteiger partial charge in [-0.1, -0.05) is 53.9 Å². The Morgan fingerprint density at radius 3 is 2.48 bits per heavy atom. The van der Waals surface area contributed by atoms with E-state index in [0.29, 0.717) is 41.8 Å². The highest BCUT2D eigenvalue weighted by atomic mass is 16.1. The first kappa shape index (κ1) is 21.3. The topological polar surface area (TPSA) is 34.1 Å². The summed E-state index contributed by atoms with van der Waals surface area (Å²) < 4.78 is 0. The van der Waals surface area contributed by atoms with E-state index < -0.39 is 0 Å². The lowest BCUT2D eigenvalue weighted by Crippen LogP contribution is -2.53. The monoisotopic (exact) mass is 398 g/mol. The van der Waals surface area contributed by atoms with E-state index in [9.17, 15) is 9.59 Å². The zero-order valence-corrected chi connectivity index (χ0v) is 19.4. The number of ketones is 2. The number of allylic oxidation sites excluding steroid dienone is 1. The molecule has 4 aliphatic carbocycles. The highest BCUT2D eigenvalue weighted by molar-refractivity contribution is 6.05. The van der Waals surface area contributed by atoms with Gasteiger partial charge in [0.1, 0.15) is 0 Å². The van der Waals surface area contributed by atoms with Gasteiger partial charge in [0.15, 0.2) is 11.6 Å². The van der Waals surface area contributed by atoms with Crippen LogP contribution in [0.25, 0.3) is 0 Å². The number of carbonyl (C=O) groups is 2. The molecule has 0 aliphatic heterocycles. The lowest BCUT2D eigenvalue weighted by Gasteiger charge is -2.57. The van der Waals surface area contributed by atoms with Gasteiger partial charge in [0.25, 0.3) is 0 Å². The van der Waals surface area contributed by atoms with Gasteiger partial charge in [-0.25, -0.2) is 0 Å². The Hall–Kier alpha value is -0.920. The van der Waals surface area contributed by atoms with Crippen LogP contribution in [-0.4, -0.2) is 11.6 Å². The molecule has 0 heterocycles. The Bertz CT molecular complexity index is 703. The third-order valence-corrected chi connectivity index (χ3v) is 9.99. The maximum absolute atomic E-state index is 13.1. The molecule has 2 nitrogen and oxygen atoms in total. The van der Waals surface area contributed by atoms with Gasteiger partial charge in [0, 0.05) is 18.4 Å². The SMILES string of the molecule is CC(C)CCCC(C)[C@H]1CCC2C3CC(=O)C4=CC(=O)CC[C@]4(C)C3CC[C@@]21C. The van der Waals surface area contributed by atoms with Crippen LogP contribution < -0.4 is 0 Å². The van der Waals surface area contributed by atoms with Gasteiger partial charge < -0.3 is 0 Å². The number of carbonyl (C=O) groups excluding carboxylic acids is 2. The van der Waals surface area contributed by atoms with E-state index in [4.69, 9.17) is 0 Å². The number of fused-ring (bicyclic) bond motifs is 5. The number of rotatable bonds is 5.